The van der Waals surface area contributed by atoms with Gasteiger partial charge >= 0.3 is 12.1 Å². The Labute approximate surface area is 224 Å². The van der Waals surface area contributed by atoms with E-state index in [9.17, 15) is 14.4 Å². The highest BCUT2D eigenvalue weighted by Crippen LogP contribution is 2.56. The van der Waals surface area contributed by atoms with Crippen LogP contribution in [-0.4, -0.2) is 51.1 Å². The summed E-state index contributed by atoms with van der Waals surface area (Å²) in [6, 6.07) is 17.8. The van der Waals surface area contributed by atoms with Gasteiger partial charge in [-0.25, -0.2) is 9.59 Å². The first kappa shape index (κ1) is 27.2. The standard InChI is InChI=1S/C31H36N2O5/c1-7-19-30(6,27(35)38-29(3,4)5)33-25(23-17-13-10-14-18-23)31(20-8-2,26(33)34)32-24(21-37-28(32)36)22-15-11-9-12-16-22/h7-18,24-25H,1-2,19-21H2,3-6H3/t24-,25-,30+,31+/m1/s1. The number of cyclic esters (lactones) is 1. The Kier molecular flexibility index (Phi) is 7.24. The average molecular weight is 517 g/mol. The Bertz CT molecular complexity index is 1220. The molecule has 7 heteroatoms. The zero-order valence-corrected chi connectivity index (χ0v) is 22.6. The number of likely N-dealkylation sites (tertiary alicyclic amines) is 1. The van der Waals surface area contributed by atoms with Gasteiger partial charge in [-0.05, 0) is 51.7 Å². The van der Waals surface area contributed by atoms with Gasteiger partial charge in [-0.15, -0.1) is 13.2 Å². The summed E-state index contributed by atoms with van der Waals surface area (Å²) in [5, 5.41) is 0. The highest BCUT2D eigenvalue weighted by molar-refractivity contribution is 6.02. The van der Waals surface area contributed by atoms with Crippen LogP contribution in [0.1, 0.15) is 63.7 Å². The number of ether oxygens (including phenoxy) is 2. The summed E-state index contributed by atoms with van der Waals surface area (Å²) in [6.07, 6.45) is 3.05. The van der Waals surface area contributed by atoms with Crippen molar-refractivity contribution in [2.24, 2.45) is 0 Å². The molecule has 0 saturated carbocycles. The molecule has 4 rings (SSSR count). The molecule has 0 aliphatic carbocycles. The lowest BCUT2D eigenvalue weighted by atomic mass is 9.67. The van der Waals surface area contributed by atoms with Gasteiger partial charge in [0.05, 0.1) is 12.1 Å². The molecule has 0 spiro atoms. The maximum absolute atomic E-state index is 14.5. The van der Waals surface area contributed by atoms with E-state index < -0.39 is 40.8 Å². The fourth-order valence-corrected chi connectivity index (χ4v) is 5.64. The smallest absolute Gasteiger partial charge is 0.411 e. The number of hydrogen-bond acceptors (Lipinski definition) is 5. The lowest BCUT2D eigenvalue weighted by molar-refractivity contribution is -0.203. The molecular formula is C31H36N2O5. The van der Waals surface area contributed by atoms with Crippen molar-refractivity contribution in [3.63, 3.8) is 0 Å². The first-order valence-corrected chi connectivity index (χ1v) is 12.9. The zero-order chi connectivity index (χ0) is 27.7. The number of carbonyl (C=O) groups is 3. The molecule has 0 aromatic heterocycles. The Hall–Kier alpha value is -3.87. The number of benzene rings is 2. The molecule has 2 saturated heterocycles. The third-order valence-electron chi connectivity index (χ3n) is 7.27. The largest absolute Gasteiger partial charge is 0.458 e. The van der Waals surface area contributed by atoms with Crippen LogP contribution in [0, 0.1) is 0 Å². The van der Waals surface area contributed by atoms with Gasteiger partial charge in [0.2, 0.25) is 0 Å². The van der Waals surface area contributed by atoms with Gasteiger partial charge in [-0.3, -0.25) is 9.69 Å². The average Bonchev–Trinajstić information content (AvgIpc) is 3.26. The summed E-state index contributed by atoms with van der Waals surface area (Å²) in [4.78, 5) is 44.7. The Morgan fingerprint density at radius 1 is 1.00 bits per heavy atom. The van der Waals surface area contributed by atoms with E-state index in [1.54, 1.807) is 49.6 Å². The highest BCUT2D eigenvalue weighted by Gasteiger charge is 2.72. The van der Waals surface area contributed by atoms with E-state index in [1.165, 1.54) is 0 Å². The third-order valence-corrected chi connectivity index (χ3v) is 7.27. The highest BCUT2D eigenvalue weighted by atomic mass is 16.6. The predicted molar refractivity (Wildman–Crippen MR) is 145 cm³/mol. The van der Waals surface area contributed by atoms with E-state index >= 15 is 0 Å². The van der Waals surface area contributed by atoms with E-state index in [0.717, 1.165) is 11.1 Å². The van der Waals surface area contributed by atoms with Crippen molar-refractivity contribution in [3.8, 4) is 0 Å². The van der Waals surface area contributed by atoms with Crippen LogP contribution in [0.4, 0.5) is 4.79 Å². The van der Waals surface area contributed by atoms with Gasteiger partial charge in [0.15, 0.2) is 5.54 Å². The molecule has 7 nitrogen and oxygen atoms in total. The molecule has 2 aromatic carbocycles. The van der Waals surface area contributed by atoms with Gasteiger partial charge in [-0.1, -0.05) is 72.8 Å². The predicted octanol–water partition coefficient (Wildman–Crippen LogP) is 5.75. The topological polar surface area (TPSA) is 76.2 Å². The van der Waals surface area contributed by atoms with Crippen molar-refractivity contribution in [2.45, 2.75) is 69.3 Å². The Balaban J connectivity index is 1.91. The summed E-state index contributed by atoms with van der Waals surface area (Å²) in [7, 11) is 0. The van der Waals surface area contributed by atoms with Crippen LogP contribution in [0.2, 0.25) is 0 Å². The fraction of sp³-hybridized carbons (Fsp3) is 0.387. The Morgan fingerprint density at radius 3 is 2.11 bits per heavy atom. The molecule has 0 radical (unpaired) electrons. The summed E-state index contributed by atoms with van der Waals surface area (Å²) >= 11 is 0. The minimum atomic E-state index is -1.36. The van der Waals surface area contributed by atoms with Gasteiger partial charge < -0.3 is 14.4 Å². The third kappa shape index (κ3) is 4.40. The molecule has 2 heterocycles. The maximum atomic E-state index is 14.5. The fourth-order valence-electron chi connectivity index (χ4n) is 5.64. The number of amides is 2. The van der Waals surface area contributed by atoms with Crippen molar-refractivity contribution < 1.29 is 23.9 Å². The van der Waals surface area contributed by atoms with Crippen molar-refractivity contribution in [1.82, 2.24) is 9.80 Å². The molecule has 38 heavy (non-hydrogen) atoms. The first-order valence-electron chi connectivity index (χ1n) is 12.9. The summed E-state index contributed by atoms with van der Waals surface area (Å²) in [5.41, 5.74) is -1.81. The van der Waals surface area contributed by atoms with Gasteiger partial charge in [0.25, 0.3) is 5.91 Å². The maximum Gasteiger partial charge on any atom is 0.411 e. The Morgan fingerprint density at radius 2 is 1.58 bits per heavy atom. The minimum Gasteiger partial charge on any atom is -0.458 e. The normalized spacial score (nSPS) is 24.7. The van der Waals surface area contributed by atoms with Crippen LogP contribution in [0.15, 0.2) is 86.0 Å². The number of β-lactam (4-membered cyclic amide) rings is 1. The number of esters is 1. The van der Waals surface area contributed by atoms with Crippen LogP contribution in [-0.2, 0) is 19.1 Å². The van der Waals surface area contributed by atoms with Crippen molar-refractivity contribution >= 4 is 18.0 Å². The molecule has 2 aliphatic heterocycles. The summed E-state index contributed by atoms with van der Waals surface area (Å²) < 4.78 is 11.4. The molecule has 0 unspecified atom stereocenters. The molecule has 2 aliphatic rings. The van der Waals surface area contributed by atoms with Crippen LogP contribution < -0.4 is 0 Å². The van der Waals surface area contributed by atoms with Crippen LogP contribution in [0.3, 0.4) is 0 Å². The van der Waals surface area contributed by atoms with Crippen LogP contribution in [0.25, 0.3) is 0 Å². The number of hydrogen-bond donors (Lipinski definition) is 0. The zero-order valence-electron chi connectivity index (χ0n) is 22.6. The first-order chi connectivity index (χ1) is 18.0. The van der Waals surface area contributed by atoms with Gasteiger partial charge in [0.1, 0.15) is 17.7 Å². The van der Waals surface area contributed by atoms with Gasteiger partial charge in [0, 0.05) is 0 Å². The van der Waals surface area contributed by atoms with E-state index in [4.69, 9.17) is 9.47 Å². The molecule has 2 fully saturated rings. The van der Waals surface area contributed by atoms with Crippen LogP contribution in [0.5, 0.6) is 0 Å². The number of nitrogens with zero attached hydrogens (tertiary/aromatic N) is 2. The molecule has 0 N–H and O–H groups in total. The summed E-state index contributed by atoms with van der Waals surface area (Å²) in [6.45, 7) is 15.0. The second kappa shape index (κ2) is 10.1. The second-order valence-electron chi connectivity index (χ2n) is 11.0. The van der Waals surface area contributed by atoms with E-state index in [0.29, 0.717) is 0 Å². The SMILES string of the molecule is C=CC[C@@](C)(C(=O)OC(C)(C)C)N1C(=O)[C@@](CC=C)(N2C(=O)OC[C@@H]2c2ccccc2)[C@H]1c1ccccc1. The number of rotatable bonds is 9. The molecule has 2 aromatic rings. The van der Waals surface area contributed by atoms with Crippen molar-refractivity contribution in [1.29, 1.82) is 0 Å². The monoisotopic (exact) mass is 516 g/mol. The number of carbonyl (C=O) groups excluding carboxylic acids is 3. The van der Waals surface area contributed by atoms with E-state index in [2.05, 4.69) is 13.2 Å². The molecule has 200 valence electrons. The van der Waals surface area contributed by atoms with Crippen molar-refractivity contribution in [2.75, 3.05) is 6.61 Å². The van der Waals surface area contributed by atoms with E-state index in [1.807, 2.05) is 60.7 Å². The molecule has 4 atom stereocenters. The van der Waals surface area contributed by atoms with Crippen molar-refractivity contribution in [3.05, 3.63) is 97.1 Å². The van der Waals surface area contributed by atoms with Crippen LogP contribution >= 0.6 is 0 Å². The molecular weight excluding hydrogens is 480 g/mol. The minimum absolute atomic E-state index is 0.118. The lowest BCUT2D eigenvalue weighted by Gasteiger charge is -2.63. The molecule has 2 amide bonds. The molecule has 0 bridgehead atoms. The van der Waals surface area contributed by atoms with E-state index in [-0.39, 0.29) is 25.4 Å². The lowest BCUT2D eigenvalue weighted by Crippen LogP contribution is -2.80. The second-order valence-corrected chi connectivity index (χ2v) is 11.0. The quantitative estimate of drug-likeness (QED) is 0.241. The summed E-state index contributed by atoms with van der Waals surface area (Å²) in [5.74, 6) is -0.892. The van der Waals surface area contributed by atoms with Gasteiger partial charge in [-0.2, -0.15) is 0 Å².